The van der Waals surface area contributed by atoms with Crippen LogP contribution in [-0.4, -0.2) is 41.1 Å². The van der Waals surface area contributed by atoms with Gasteiger partial charge in [0.05, 0.1) is 10.6 Å². The minimum Gasteiger partial charge on any atom is -0.460 e. The number of rotatable bonds is 6. The molecule has 0 N–H and O–H groups in total. The van der Waals surface area contributed by atoms with Crippen molar-refractivity contribution in [2.45, 2.75) is 30.4 Å². The summed E-state index contributed by atoms with van der Waals surface area (Å²) in [6, 6.07) is 14.4. The summed E-state index contributed by atoms with van der Waals surface area (Å²) >= 11 is 5.85. The van der Waals surface area contributed by atoms with Crippen molar-refractivity contribution in [3.8, 4) is 5.69 Å². The molecule has 4 rings (SSSR count). The highest BCUT2D eigenvalue weighted by Gasteiger charge is 2.40. The van der Waals surface area contributed by atoms with E-state index in [1.165, 1.54) is 28.6 Å². The Morgan fingerprint density at radius 2 is 1.87 bits per heavy atom. The van der Waals surface area contributed by atoms with E-state index in [1.807, 2.05) is 36.5 Å². The van der Waals surface area contributed by atoms with Crippen LogP contribution in [0.4, 0.5) is 0 Å². The molecule has 0 amide bonds. The molecule has 7 nitrogen and oxygen atoms in total. The predicted molar refractivity (Wildman–Crippen MR) is 112 cm³/mol. The van der Waals surface area contributed by atoms with Crippen LogP contribution in [0.5, 0.6) is 0 Å². The van der Waals surface area contributed by atoms with E-state index in [1.54, 1.807) is 10.9 Å². The number of aromatic nitrogens is 2. The summed E-state index contributed by atoms with van der Waals surface area (Å²) in [5, 5.41) is 4.61. The fraction of sp³-hybridized carbons (Fsp3) is 0.238. The van der Waals surface area contributed by atoms with Crippen molar-refractivity contribution in [2.75, 3.05) is 6.54 Å². The maximum Gasteiger partial charge on any atom is 0.324 e. The lowest BCUT2D eigenvalue weighted by molar-refractivity contribution is -0.148. The van der Waals surface area contributed by atoms with Crippen molar-refractivity contribution in [3.05, 3.63) is 77.6 Å². The number of carbonyl (C=O) groups is 1. The molecule has 0 bridgehead atoms. The largest absolute Gasteiger partial charge is 0.460 e. The molecule has 0 aliphatic carbocycles. The van der Waals surface area contributed by atoms with Crippen LogP contribution >= 0.6 is 11.6 Å². The van der Waals surface area contributed by atoms with Gasteiger partial charge in [-0.05, 0) is 60.9 Å². The van der Waals surface area contributed by atoms with Gasteiger partial charge in [0.15, 0.2) is 0 Å². The number of esters is 1. The highest BCUT2D eigenvalue weighted by Crippen LogP contribution is 2.27. The van der Waals surface area contributed by atoms with Crippen molar-refractivity contribution in [1.82, 2.24) is 14.1 Å². The number of hydrogen-bond acceptors (Lipinski definition) is 5. The van der Waals surface area contributed by atoms with Gasteiger partial charge in [-0.15, -0.1) is 0 Å². The van der Waals surface area contributed by atoms with Crippen molar-refractivity contribution in [1.29, 1.82) is 0 Å². The minimum atomic E-state index is -3.80. The zero-order valence-electron chi connectivity index (χ0n) is 16.0. The molecule has 0 radical (unpaired) electrons. The minimum absolute atomic E-state index is 0.0730. The van der Waals surface area contributed by atoms with Gasteiger partial charge in [-0.3, -0.25) is 4.79 Å². The van der Waals surface area contributed by atoms with Crippen LogP contribution in [0, 0.1) is 0 Å². The van der Waals surface area contributed by atoms with E-state index in [0.29, 0.717) is 17.9 Å². The Morgan fingerprint density at radius 1 is 1.13 bits per heavy atom. The smallest absolute Gasteiger partial charge is 0.324 e. The molecular weight excluding hydrogens is 426 g/mol. The van der Waals surface area contributed by atoms with E-state index in [4.69, 9.17) is 16.3 Å². The molecule has 9 heteroatoms. The molecule has 2 heterocycles. The molecule has 1 aliphatic heterocycles. The number of ether oxygens (including phenoxy) is 1. The van der Waals surface area contributed by atoms with Gasteiger partial charge in [0.25, 0.3) is 0 Å². The maximum atomic E-state index is 13.0. The van der Waals surface area contributed by atoms with Crippen molar-refractivity contribution >= 4 is 27.6 Å². The number of benzene rings is 2. The summed E-state index contributed by atoms with van der Waals surface area (Å²) in [4.78, 5) is 12.8. The molecule has 1 atom stereocenters. The molecule has 0 saturated carbocycles. The third kappa shape index (κ3) is 4.26. The van der Waals surface area contributed by atoms with Crippen molar-refractivity contribution in [2.24, 2.45) is 0 Å². The lowest BCUT2D eigenvalue weighted by Gasteiger charge is -2.22. The lowest BCUT2D eigenvalue weighted by Crippen LogP contribution is -2.41. The van der Waals surface area contributed by atoms with Gasteiger partial charge in [-0.1, -0.05) is 23.7 Å². The Hall–Kier alpha value is -2.68. The first kappa shape index (κ1) is 20.6. The molecule has 1 saturated heterocycles. The molecule has 2 aromatic carbocycles. The fourth-order valence-corrected chi connectivity index (χ4v) is 5.20. The van der Waals surface area contributed by atoms with Gasteiger partial charge in [0.1, 0.15) is 12.6 Å². The summed E-state index contributed by atoms with van der Waals surface area (Å²) in [5.74, 6) is -0.541. The highest BCUT2D eigenvalue weighted by molar-refractivity contribution is 7.89. The number of sulfonamides is 1. The van der Waals surface area contributed by atoms with E-state index >= 15 is 0 Å². The average Bonchev–Trinajstić information content (AvgIpc) is 3.45. The Morgan fingerprint density at radius 3 is 2.53 bits per heavy atom. The highest BCUT2D eigenvalue weighted by atomic mass is 35.5. The first-order chi connectivity index (χ1) is 14.4. The van der Waals surface area contributed by atoms with Gasteiger partial charge < -0.3 is 4.74 Å². The number of hydrogen-bond donors (Lipinski definition) is 0. The van der Waals surface area contributed by atoms with E-state index in [9.17, 15) is 13.2 Å². The third-order valence-electron chi connectivity index (χ3n) is 4.98. The first-order valence-corrected chi connectivity index (χ1v) is 11.3. The first-order valence-electron chi connectivity index (χ1n) is 9.48. The monoisotopic (exact) mass is 445 g/mol. The van der Waals surface area contributed by atoms with Crippen LogP contribution in [0.15, 0.2) is 71.9 Å². The van der Waals surface area contributed by atoms with Crippen LogP contribution in [-0.2, 0) is 26.2 Å². The number of nitrogens with zero attached hydrogens (tertiary/aromatic N) is 3. The van der Waals surface area contributed by atoms with Crippen molar-refractivity contribution < 1.29 is 17.9 Å². The quantitative estimate of drug-likeness (QED) is 0.543. The Kier molecular flexibility index (Phi) is 5.90. The second-order valence-electron chi connectivity index (χ2n) is 6.95. The van der Waals surface area contributed by atoms with Crippen LogP contribution in [0.25, 0.3) is 5.69 Å². The maximum absolute atomic E-state index is 13.0. The SMILES string of the molecule is O=C(OCc1ccc(-n2cccn2)cc1)C1CCCN1S(=O)(=O)c1ccc(Cl)cc1. The Labute approximate surface area is 179 Å². The summed E-state index contributed by atoms with van der Waals surface area (Å²) in [5.41, 5.74) is 1.70. The Bertz CT molecular complexity index is 1110. The van der Waals surface area contributed by atoms with E-state index in [0.717, 1.165) is 11.3 Å². The molecule has 3 aromatic rings. The second kappa shape index (κ2) is 8.59. The van der Waals surface area contributed by atoms with Crippen LogP contribution < -0.4 is 0 Å². The predicted octanol–water partition coefficient (Wildman–Crippen LogP) is 3.42. The van der Waals surface area contributed by atoms with Crippen molar-refractivity contribution in [3.63, 3.8) is 0 Å². The van der Waals surface area contributed by atoms with E-state index in [-0.39, 0.29) is 18.0 Å². The standard InChI is InChI=1S/C21H20ClN3O4S/c22-17-6-10-19(11-7-17)30(27,28)25-14-1-3-20(25)21(26)29-15-16-4-8-18(9-5-16)24-13-2-12-23-24/h2,4-13,20H,1,3,14-15H2. The van der Waals surface area contributed by atoms with Crippen LogP contribution in [0.1, 0.15) is 18.4 Å². The van der Waals surface area contributed by atoms with Gasteiger partial charge in [0, 0.05) is 24.0 Å². The summed E-state index contributed by atoms with van der Waals surface area (Å²) < 4.78 is 34.3. The average molecular weight is 446 g/mol. The summed E-state index contributed by atoms with van der Waals surface area (Å²) in [7, 11) is -3.80. The zero-order valence-corrected chi connectivity index (χ0v) is 17.6. The van der Waals surface area contributed by atoms with Gasteiger partial charge in [-0.25, -0.2) is 13.1 Å². The molecular formula is C21H20ClN3O4S. The van der Waals surface area contributed by atoms with Crippen LogP contribution in [0.3, 0.4) is 0 Å². The van der Waals surface area contributed by atoms with E-state index < -0.39 is 22.0 Å². The van der Waals surface area contributed by atoms with E-state index in [2.05, 4.69) is 5.10 Å². The number of carbonyl (C=O) groups excluding carboxylic acids is 1. The zero-order chi connectivity index (χ0) is 21.1. The topological polar surface area (TPSA) is 81.5 Å². The molecule has 1 aromatic heterocycles. The molecule has 1 fully saturated rings. The molecule has 1 unspecified atom stereocenters. The molecule has 30 heavy (non-hydrogen) atoms. The third-order valence-corrected chi connectivity index (χ3v) is 7.16. The molecule has 1 aliphatic rings. The number of halogens is 1. The summed E-state index contributed by atoms with van der Waals surface area (Å²) in [6.07, 6.45) is 4.57. The van der Waals surface area contributed by atoms with Gasteiger partial charge in [0.2, 0.25) is 10.0 Å². The fourth-order valence-electron chi connectivity index (χ4n) is 3.42. The van der Waals surface area contributed by atoms with Crippen LogP contribution in [0.2, 0.25) is 5.02 Å². The molecule has 156 valence electrons. The second-order valence-corrected chi connectivity index (χ2v) is 9.28. The Balaban J connectivity index is 1.42. The normalized spacial score (nSPS) is 17.2. The van der Waals surface area contributed by atoms with Gasteiger partial charge >= 0.3 is 5.97 Å². The molecule has 0 spiro atoms. The lowest BCUT2D eigenvalue weighted by atomic mass is 10.2. The summed E-state index contributed by atoms with van der Waals surface area (Å²) in [6.45, 7) is 0.354. The van der Waals surface area contributed by atoms with Gasteiger partial charge in [-0.2, -0.15) is 9.40 Å².